The molecule has 0 spiro atoms. The maximum atomic E-state index is 13.4. The van der Waals surface area contributed by atoms with E-state index in [1.165, 1.54) is 6.07 Å². The Morgan fingerprint density at radius 3 is 2.82 bits per heavy atom. The molecule has 1 N–H and O–H groups in total. The third kappa shape index (κ3) is 2.88. The Kier molecular flexibility index (Phi) is 3.82. The van der Waals surface area contributed by atoms with Gasteiger partial charge in [-0.15, -0.1) is 0 Å². The molecule has 4 nitrogen and oxygen atoms in total. The van der Waals surface area contributed by atoms with Gasteiger partial charge in [0.1, 0.15) is 5.82 Å². The molecule has 0 atom stereocenters. The second kappa shape index (κ2) is 5.54. The molecule has 0 aliphatic rings. The van der Waals surface area contributed by atoms with Gasteiger partial charge in [-0.1, -0.05) is 17.3 Å². The molecule has 0 unspecified atom stereocenters. The molecule has 2 aromatic rings. The number of rotatable bonds is 5. The summed E-state index contributed by atoms with van der Waals surface area (Å²) in [5.74, 6) is 0.369. The summed E-state index contributed by atoms with van der Waals surface area (Å²) < 4.78 is 18.4. The van der Waals surface area contributed by atoms with Crippen LogP contribution in [0.15, 0.2) is 28.8 Å². The Morgan fingerprint density at radius 2 is 2.06 bits per heavy atom. The van der Waals surface area contributed by atoms with Crippen molar-refractivity contribution in [2.45, 2.75) is 19.3 Å². The van der Waals surface area contributed by atoms with Crippen molar-refractivity contribution in [1.82, 2.24) is 10.1 Å². The molecule has 2 rings (SSSR count). The van der Waals surface area contributed by atoms with E-state index in [9.17, 15) is 4.39 Å². The summed E-state index contributed by atoms with van der Waals surface area (Å²) in [6.07, 6.45) is 2.06. The van der Waals surface area contributed by atoms with Crippen LogP contribution in [0, 0.1) is 5.82 Å². The Morgan fingerprint density at radius 1 is 1.24 bits per heavy atom. The Balaban J connectivity index is 2.10. The van der Waals surface area contributed by atoms with Crippen LogP contribution >= 0.6 is 0 Å². The summed E-state index contributed by atoms with van der Waals surface area (Å²) in [7, 11) is 0. The summed E-state index contributed by atoms with van der Waals surface area (Å²) >= 11 is 0. The number of benzene rings is 1. The smallest absolute Gasteiger partial charge is 0.226 e. The normalized spacial score (nSPS) is 10.7. The second-order valence-corrected chi connectivity index (χ2v) is 3.67. The molecule has 0 aliphatic carbocycles. The second-order valence-electron chi connectivity index (χ2n) is 3.67. The molecule has 1 heterocycles. The van der Waals surface area contributed by atoms with Gasteiger partial charge in [-0.3, -0.25) is 0 Å². The molecule has 0 amide bonds. The minimum atomic E-state index is -0.366. The highest BCUT2D eigenvalue weighted by atomic mass is 19.1. The lowest BCUT2D eigenvalue weighted by atomic mass is 10.2. The lowest BCUT2D eigenvalue weighted by molar-refractivity contribution is 0.281. The van der Waals surface area contributed by atoms with Crippen LogP contribution in [0.5, 0.6) is 0 Å². The monoisotopic (exact) mass is 236 g/mol. The fourth-order valence-electron chi connectivity index (χ4n) is 1.50. The van der Waals surface area contributed by atoms with Crippen molar-refractivity contribution >= 4 is 0 Å². The predicted octanol–water partition coefficient (Wildman–Crippen LogP) is 2.19. The molecule has 1 aromatic carbocycles. The highest BCUT2D eigenvalue weighted by Crippen LogP contribution is 2.19. The zero-order valence-electron chi connectivity index (χ0n) is 9.27. The van der Waals surface area contributed by atoms with E-state index in [0.717, 1.165) is 6.42 Å². The lowest BCUT2D eigenvalue weighted by Gasteiger charge is -1.94. The van der Waals surface area contributed by atoms with E-state index in [2.05, 4.69) is 10.1 Å². The van der Waals surface area contributed by atoms with Gasteiger partial charge in [-0.05, 0) is 25.0 Å². The van der Waals surface area contributed by atoms with Crippen LogP contribution in [0.25, 0.3) is 11.4 Å². The minimum Gasteiger partial charge on any atom is -0.396 e. The SMILES string of the molecule is OCCCCc1nc(-c2ccccc2F)no1. The largest absolute Gasteiger partial charge is 0.396 e. The van der Waals surface area contributed by atoms with Crippen LogP contribution in [0.3, 0.4) is 0 Å². The van der Waals surface area contributed by atoms with Crippen molar-refractivity contribution in [3.05, 3.63) is 36.0 Å². The number of aryl methyl sites for hydroxylation is 1. The molecule has 0 radical (unpaired) electrons. The van der Waals surface area contributed by atoms with Crippen LogP contribution in [0.2, 0.25) is 0 Å². The van der Waals surface area contributed by atoms with E-state index < -0.39 is 0 Å². The Labute approximate surface area is 98.1 Å². The number of halogens is 1. The number of unbranched alkanes of at least 4 members (excludes halogenated alkanes) is 1. The van der Waals surface area contributed by atoms with Crippen LogP contribution < -0.4 is 0 Å². The molecule has 0 fully saturated rings. The summed E-state index contributed by atoms with van der Waals surface area (Å²) in [5.41, 5.74) is 0.338. The maximum absolute atomic E-state index is 13.4. The fraction of sp³-hybridized carbons (Fsp3) is 0.333. The van der Waals surface area contributed by atoms with Gasteiger partial charge in [0.05, 0.1) is 5.56 Å². The first kappa shape index (κ1) is 11.7. The standard InChI is InChI=1S/C12H13FN2O2/c13-10-6-2-1-5-9(10)12-14-11(17-15-12)7-3-4-8-16/h1-2,5-6,16H,3-4,7-8H2. The average Bonchev–Trinajstić information content (AvgIpc) is 2.79. The van der Waals surface area contributed by atoms with Crippen molar-refractivity contribution < 1.29 is 14.0 Å². The summed E-state index contributed by atoms with van der Waals surface area (Å²) in [6.45, 7) is 0.147. The molecule has 17 heavy (non-hydrogen) atoms. The first-order valence-electron chi connectivity index (χ1n) is 5.49. The van der Waals surface area contributed by atoms with Crippen molar-refractivity contribution in [3.8, 4) is 11.4 Å². The van der Waals surface area contributed by atoms with E-state index in [0.29, 0.717) is 24.3 Å². The van der Waals surface area contributed by atoms with Gasteiger partial charge in [-0.2, -0.15) is 4.98 Å². The van der Waals surface area contributed by atoms with Gasteiger partial charge < -0.3 is 9.63 Å². The van der Waals surface area contributed by atoms with E-state index in [4.69, 9.17) is 9.63 Å². The van der Waals surface area contributed by atoms with Gasteiger partial charge in [0, 0.05) is 13.0 Å². The van der Waals surface area contributed by atoms with Gasteiger partial charge in [0.2, 0.25) is 11.7 Å². The molecule has 5 heteroatoms. The molecule has 1 aromatic heterocycles. The quantitative estimate of drug-likeness (QED) is 0.808. The molecule has 0 bridgehead atoms. The lowest BCUT2D eigenvalue weighted by Crippen LogP contribution is -1.89. The third-order valence-corrected chi connectivity index (χ3v) is 2.38. The summed E-state index contributed by atoms with van der Waals surface area (Å²) in [5, 5.41) is 12.4. The molecular formula is C12H13FN2O2. The minimum absolute atomic E-state index is 0.147. The van der Waals surface area contributed by atoms with Crippen molar-refractivity contribution in [1.29, 1.82) is 0 Å². The first-order valence-corrected chi connectivity index (χ1v) is 5.49. The van der Waals surface area contributed by atoms with Gasteiger partial charge in [-0.25, -0.2) is 4.39 Å². The Bertz CT molecular complexity index is 485. The highest BCUT2D eigenvalue weighted by molar-refractivity contribution is 5.54. The Hall–Kier alpha value is -1.75. The topological polar surface area (TPSA) is 59.2 Å². The highest BCUT2D eigenvalue weighted by Gasteiger charge is 2.11. The van der Waals surface area contributed by atoms with E-state index in [-0.39, 0.29) is 18.2 Å². The number of hydrogen-bond donors (Lipinski definition) is 1. The summed E-state index contributed by atoms with van der Waals surface area (Å²) in [4.78, 5) is 4.11. The molecule has 90 valence electrons. The maximum Gasteiger partial charge on any atom is 0.226 e. The van der Waals surface area contributed by atoms with Crippen molar-refractivity contribution in [2.75, 3.05) is 6.61 Å². The molecule has 0 saturated carbocycles. The van der Waals surface area contributed by atoms with E-state index in [1.807, 2.05) is 0 Å². The molecule has 0 aliphatic heterocycles. The van der Waals surface area contributed by atoms with Crippen molar-refractivity contribution in [2.24, 2.45) is 0 Å². The molecule has 0 saturated heterocycles. The van der Waals surface area contributed by atoms with E-state index >= 15 is 0 Å². The van der Waals surface area contributed by atoms with Gasteiger partial charge in [0.15, 0.2) is 0 Å². The van der Waals surface area contributed by atoms with Crippen molar-refractivity contribution in [3.63, 3.8) is 0 Å². The van der Waals surface area contributed by atoms with Crippen LogP contribution in [0.4, 0.5) is 4.39 Å². The summed E-state index contributed by atoms with van der Waals surface area (Å²) in [6, 6.07) is 6.30. The number of aliphatic hydroxyl groups excluding tert-OH is 1. The third-order valence-electron chi connectivity index (χ3n) is 2.38. The number of aliphatic hydroxyl groups is 1. The average molecular weight is 236 g/mol. The van der Waals surface area contributed by atoms with Gasteiger partial charge >= 0.3 is 0 Å². The van der Waals surface area contributed by atoms with E-state index in [1.54, 1.807) is 18.2 Å². The first-order chi connectivity index (χ1) is 8.31. The van der Waals surface area contributed by atoms with Crippen LogP contribution in [-0.2, 0) is 6.42 Å². The molecular weight excluding hydrogens is 223 g/mol. The van der Waals surface area contributed by atoms with Gasteiger partial charge in [0.25, 0.3) is 0 Å². The zero-order valence-corrected chi connectivity index (χ0v) is 9.27. The van der Waals surface area contributed by atoms with Crippen LogP contribution in [-0.4, -0.2) is 21.9 Å². The number of hydrogen-bond acceptors (Lipinski definition) is 4. The van der Waals surface area contributed by atoms with Crippen LogP contribution in [0.1, 0.15) is 18.7 Å². The number of aromatic nitrogens is 2. The zero-order chi connectivity index (χ0) is 12.1. The fourth-order valence-corrected chi connectivity index (χ4v) is 1.50. The predicted molar refractivity (Wildman–Crippen MR) is 59.7 cm³/mol. The number of nitrogens with zero attached hydrogens (tertiary/aromatic N) is 2.